The van der Waals surface area contributed by atoms with Crippen molar-refractivity contribution >= 4 is 40.5 Å². The predicted octanol–water partition coefficient (Wildman–Crippen LogP) is 3.64. The van der Waals surface area contributed by atoms with E-state index in [9.17, 15) is 14.0 Å². The average molecular weight is 328 g/mol. The summed E-state index contributed by atoms with van der Waals surface area (Å²) in [6.07, 6.45) is 0. The van der Waals surface area contributed by atoms with Gasteiger partial charge in [0.15, 0.2) is 6.61 Å². The van der Waals surface area contributed by atoms with Gasteiger partial charge in [-0.15, -0.1) is 11.3 Å². The molecule has 4 nitrogen and oxygen atoms in total. The summed E-state index contributed by atoms with van der Waals surface area (Å²) in [5.41, 5.74) is 0.129. The van der Waals surface area contributed by atoms with Crippen molar-refractivity contribution in [3.8, 4) is 0 Å². The molecule has 21 heavy (non-hydrogen) atoms. The summed E-state index contributed by atoms with van der Waals surface area (Å²) in [6, 6.07) is 7.01. The lowest BCUT2D eigenvalue weighted by atomic mass is 10.3. The van der Waals surface area contributed by atoms with Crippen molar-refractivity contribution in [2.24, 2.45) is 0 Å². The highest BCUT2D eigenvalue weighted by atomic mass is 35.5. The largest absolute Gasteiger partial charge is 0.451 e. The maximum Gasteiger partial charge on any atom is 0.348 e. The Balaban J connectivity index is 1.90. The quantitative estimate of drug-likeness (QED) is 0.872. The van der Waals surface area contributed by atoms with Gasteiger partial charge in [0.05, 0.1) is 10.7 Å². The summed E-state index contributed by atoms with van der Waals surface area (Å²) in [5, 5.41) is 2.58. The first-order valence-electron chi connectivity index (χ1n) is 5.94. The number of carbonyl (C=O) groups excluding carboxylic acids is 2. The molecule has 1 aromatic heterocycles. The Bertz CT molecular complexity index is 687. The van der Waals surface area contributed by atoms with Gasteiger partial charge in [-0.25, -0.2) is 9.18 Å². The lowest BCUT2D eigenvalue weighted by Crippen LogP contribution is -2.20. The molecule has 0 radical (unpaired) electrons. The topological polar surface area (TPSA) is 55.4 Å². The van der Waals surface area contributed by atoms with E-state index in [1.54, 1.807) is 12.1 Å². The number of aryl methyl sites for hydroxylation is 1. The van der Waals surface area contributed by atoms with Gasteiger partial charge in [0.1, 0.15) is 10.7 Å². The number of esters is 1. The zero-order valence-corrected chi connectivity index (χ0v) is 12.6. The molecule has 0 saturated heterocycles. The number of halogens is 2. The van der Waals surface area contributed by atoms with Crippen LogP contribution in [0.2, 0.25) is 5.02 Å². The van der Waals surface area contributed by atoms with Gasteiger partial charge in [-0.05, 0) is 37.3 Å². The van der Waals surface area contributed by atoms with Crippen LogP contribution in [0.1, 0.15) is 14.5 Å². The summed E-state index contributed by atoms with van der Waals surface area (Å²) in [4.78, 5) is 24.7. The van der Waals surface area contributed by atoms with Crippen LogP contribution in [0.25, 0.3) is 0 Å². The molecule has 0 unspecified atom stereocenters. The molecule has 0 spiro atoms. The van der Waals surface area contributed by atoms with Gasteiger partial charge < -0.3 is 10.1 Å². The van der Waals surface area contributed by atoms with Crippen LogP contribution in [0.15, 0.2) is 30.3 Å². The minimum absolute atomic E-state index is 0.129. The van der Waals surface area contributed by atoms with Gasteiger partial charge in [0, 0.05) is 4.88 Å². The number of rotatable bonds is 4. The van der Waals surface area contributed by atoms with Gasteiger partial charge in [-0.1, -0.05) is 11.6 Å². The van der Waals surface area contributed by atoms with E-state index in [0.29, 0.717) is 4.88 Å². The highest BCUT2D eigenvalue weighted by Crippen LogP contribution is 2.22. The number of hydrogen-bond donors (Lipinski definition) is 1. The summed E-state index contributed by atoms with van der Waals surface area (Å²) in [5.74, 6) is -1.70. The summed E-state index contributed by atoms with van der Waals surface area (Å²) < 4.78 is 17.9. The molecular formula is C14H11ClFNO3S. The Morgan fingerprint density at radius 2 is 2.10 bits per heavy atom. The second-order valence-corrected chi connectivity index (χ2v) is 5.85. The van der Waals surface area contributed by atoms with E-state index in [2.05, 4.69) is 5.32 Å². The zero-order chi connectivity index (χ0) is 15.4. The first kappa shape index (κ1) is 15.5. The smallest absolute Gasteiger partial charge is 0.348 e. The van der Waals surface area contributed by atoms with Gasteiger partial charge in [-0.3, -0.25) is 4.79 Å². The van der Waals surface area contributed by atoms with Crippen molar-refractivity contribution in [2.45, 2.75) is 6.92 Å². The molecule has 0 bridgehead atoms. The van der Waals surface area contributed by atoms with Crippen LogP contribution in [-0.4, -0.2) is 18.5 Å². The monoisotopic (exact) mass is 327 g/mol. The van der Waals surface area contributed by atoms with Crippen LogP contribution in [0.3, 0.4) is 0 Å². The predicted molar refractivity (Wildman–Crippen MR) is 79.4 cm³/mol. The second-order valence-electron chi connectivity index (χ2n) is 4.16. The van der Waals surface area contributed by atoms with E-state index in [-0.39, 0.29) is 10.7 Å². The van der Waals surface area contributed by atoms with Crippen molar-refractivity contribution in [1.29, 1.82) is 0 Å². The number of thiophene rings is 1. The standard InChI is InChI=1S/C14H11ClFNO3S/c1-8-2-5-12(21-8)14(19)20-7-13(18)17-11-6-9(16)3-4-10(11)15/h2-6H,7H2,1H3,(H,17,18). The average Bonchev–Trinajstić information content (AvgIpc) is 2.87. The molecule has 0 aliphatic carbocycles. The maximum atomic E-state index is 13.0. The highest BCUT2D eigenvalue weighted by Gasteiger charge is 2.13. The molecule has 0 aliphatic heterocycles. The number of hydrogen-bond acceptors (Lipinski definition) is 4. The molecule has 0 fully saturated rings. The molecule has 0 saturated carbocycles. The Morgan fingerprint density at radius 3 is 2.76 bits per heavy atom. The van der Waals surface area contributed by atoms with Gasteiger partial charge in [0.25, 0.3) is 5.91 Å². The Labute approximate surface area is 129 Å². The Hall–Kier alpha value is -1.92. The van der Waals surface area contributed by atoms with E-state index >= 15 is 0 Å². The molecule has 2 rings (SSSR count). The number of anilines is 1. The number of carbonyl (C=O) groups is 2. The van der Waals surface area contributed by atoms with Crippen LogP contribution in [0.5, 0.6) is 0 Å². The molecule has 1 aromatic carbocycles. The fourth-order valence-electron chi connectivity index (χ4n) is 1.53. The van der Waals surface area contributed by atoms with Crippen molar-refractivity contribution < 1.29 is 18.7 Å². The second kappa shape index (κ2) is 6.69. The molecule has 1 amide bonds. The first-order valence-corrected chi connectivity index (χ1v) is 7.13. The Kier molecular flexibility index (Phi) is 4.93. The van der Waals surface area contributed by atoms with Gasteiger partial charge >= 0.3 is 5.97 Å². The molecule has 1 heterocycles. The minimum Gasteiger partial charge on any atom is -0.451 e. The Morgan fingerprint density at radius 1 is 1.33 bits per heavy atom. The van der Waals surface area contributed by atoms with Gasteiger partial charge in [-0.2, -0.15) is 0 Å². The third kappa shape index (κ3) is 4.27. The number of ether oxygens (including phenoxy) is 1. The molecule has 2 aromatic rings. The normalized spacial score (nSPS) is 10.2. The van der Waals surface area contributed by atoms with Crippen LogP contribution in [0, 0.1) is 12.7 Å². The summed E-state index contributed by atoms with van der Waals surface area (Å²) in [7, 11) is 0. The molecule has 7 heteroatoms. The maximum absolute atomic E-state index is 13.0. The summed E-state index contributed by atoms with van der Waals surface area (Å²) in [6.45, 7) is 1.39. The number of nitrogens with one attached hydrogen (secondary N) is 1. The van der Waals surface area contributed by atoms with Crippen molar-refractivity contribution in [2.75, 3.05) is 11.9 Å². The lowest BCUT2D eigenvalue weighted by Gasteiger charge is -2.07. The number of benzene rings is 1. The van der Waals surface area contributed by atoms with E-state index < -0.39 is 24.3 Å². The van der Waals surface area contributed by atoms with Crippen LogP contribution >= 0.6 is 22.9 Å². The molecular weight excluding hydrogens is 317 g/mol. The van der Waals surface area contributed by atoms with Crippen LogP contribution < -0.4 is 5.32 Å². The van der Waals surface area contributed by atoms with Crippen LogP contribution in [-0.2, 0) is 9.53 Å². The third-order valence-corrected chi connectivity index (χ3v) is 3.79. The van der Waals surface area contributed by atoms with Crippen molar-refractivity contribution in [1.82, 2.24) is 0 Å². The summed E-state index contributed by atoms with van der Waals surface area (Å²) >= 11 is 7.09. The highest BCUT2D eigenvalue weighted by molar-refractivity contribution is 7.13. The molecule has 0 aliphatic rings. The molecule has 1 N–H and O–H groups in total. The van der Waals surface area contributed by atoms with E-state index in [0.717, 1.165) is 10.9 Å². The number of amides is 1. The van der Waals surface area contributed by atoms with Crippen molar-refractivity contribution in [3.05, 3.63) is 50.9 Å². The van der Waals surface area contributed by atoms with E-state index in [1.165, 1.54) is 23.5 Å². The molecule has 0 atom stereocenters. The van der Waals surface area contributed by atoms with Crippen LogP contribution in [0.4, 0.5) is 10.1 Å². The van der Waals surface area contributed by atoms with E-state index in [4.69, 9.17) is 16.3 Å². The third-order valence-electron chi connectivity index (χ3n) is 2.48. The fourth-order valence-corrected chi connectivity index (χ4v) is 2.45. The molecule has 110 valence electrons. The van der Waals surface area contributed by atoms with Crippen molar-refractivity contribution in [3.63, 3.8) is 0 Å². The lowest BCUT2D eigenvalue weighted by molar-refractivity contribution is -0.119. The zero-order valence-electron chi connectivity index (χ0n) is 11.0. The SMILES string of the molecule is Cc1ccc(C(=O)OCC(=O)Nc2cc(F)ccc2Cl)s1. The van der Waals surface area contributed by atoms with E-state index in [1.807, 2.05) is 6.92 Å². The van der Waals surface area contributed by atoms with Gasteiger partial charge in [0.2, 0.25) is 0 Å². The fraction of sp³-hybridized carbons (Fsp3) is 0.143. The minimum atomic E-state index is -0.593. The first-order chi connectivity index (χ1) is 9.95.